The molecule has 8 heteroatoms. The van der Waals surface area contributed by atoms with E-state index in [1.54, 1.807) is 19.1 Å². The number of ketones is 1. The second-order valence-electron chi connectivity index (χ2n) is 10.5. The number of anilines is 1. The van der Waals surface area contributed by atoms with Crippen molar-refractivity contribution in [3.05, 3.63) is 17.7 Å². The number of ether oxygens (including phenoxy) is 3. The fourth-order valence-corrected chi connectivity index (χ4v) is 9.62. The molecule has 8 nitrogen and oxygen atoms in total. The second kappa shape index (κ2) is 5.42. The summed E-state index contributed by atoms with van der Waals surface area (Å²) in [4.78, 5) is 31.6. The van der Waals surface area contributed by atoms with Crippen LogP contribution < -0.4 is 14.4 Å². The first kappa shape index (κ1) is 19.2. The Balaban J connectivity index is 1.65. The number of benzene rings is 1. The lowest BCUT2D eigenvalue weighted by atomic mass is 9.40. The quantitative estimate of drug-likeness (QED) is 0.751. The van der Waals surface area contributed by atoms with E-state index in [4.69, 9.17) is 14.2 Å². The molecule has 7 aliphatic rings. The number of rotatable bonds is 2. The number of Topliss-reactive ketones (excluding diaryl/α,β-unsaturated/α-hetero) is 1. The highest BCUT2D eigenvalue weighted by atomic mass is 16.5. The molecule has 3 heterocycles. The maximum absolute atomic E-state index is 14.0. The fourth-order valence-electron chi connectivity index (χ4n) is 9.62. The van der Waals surface area contributed by atoms with Gasteiger partial charge in [-0.1, -0.05) is 6.07 Å². The van der Waals surface area contributed by atoms with Gasteiger partial charge in [0.25, 0.3) is 0 Å². The van der Waals surface area contributed by atoms with Crippen molar-refractivity contribution in [2.75, 3.05) is 39.3 Å². The number of piperidine rings is 1. The van der Waals surface area contributed by atoms with E-state index in [-0.39, 0.29) is 23.2 Å². The maximum atomic E-state index is 14.0. The monoisotopic (exact) mass is 440 g/mol. The van der Waals surface area contributed by atoms with Gasteiger partial charge in [-0.25, -0.2) is 4.79 Å². The van der Waals surface area contributed by atoms with Crippen LogP contribution in [0.2, 0.25) is 0 Å². The summed E-state index contributed by atoms with van der Waals surface area (Å²) >= 11 is 0. The lowest BCUT2D eigenvalue weighted by Gasteiger charge is -2.69. The smallest absolute Gasteiger partial charge is 0.414 e. The van der Waals surface area contributed by atoms with Crippen molar-refractivity contribution in [3.8, 4) is 11.5 Å². The molecule has 6 atom stereocenters. The molecule has 3 spiro atoms. The van der Waals surface area contributed by atoms with Crippen LogP contribution in [0.25, 0.3) is 0 Å². The molecule has 32 heavy (non-hydrogen) atoms. The number of methoxy groups -OCH3 is 3. The largest absolute Gasteiger partial charge is 0.493 e. The van der Waals surface area contributed by atoms with Gasteiger partial charge in [-0.15, -0.1) is 0 Å². The average molecular weight is 440 g/mol. The van der Waals surface area contributed by atoms with E-state index < -0.39 is 22.6 Å². The van der Waals surface area contributed by atoms with Gasteiger partial charge in [0.1, 0.15) is 5.60 Å². The topological polar surface area (TPSA) is 88.5 Å². The second-order valence-corrected chi connectivity index (χ2v) is 10.5. The first-order valence-corrected chi connectivity index (χ1v) is 11.5. The van der Waals surface area contributed by atoms with E-state index in [1.165, 1.54) is 7.11 Å². The summed E-state index contributed by atoms with van der Waals surface area (Å²) < 4.78 is 16.7. The number of fused-ring (bicyclic) bond motifs is 2. The van der Waals surface area contributed by atoms with Crippen LogP contribution in [0.1, 0.15) is 37.7 Å². The molecule has 0 radical (unpaired) electrons. The van der Waals surface area contributed by atoms with E-state index >= 15 is 0 Å². The highest BCUT2D eigenvalue weighted by Gasteiger charge is 2.93. The molecule has 1 N–H and O–H groups in total. The predicted molar refractivity (Wildman–Crippen MR) is 113 cm³/mol. The van der Waals surface area contributed by atoms with E-state index in [0.717, 1.165) is 31.4 Å². The third-order valence-electron chi connectivity index (χ3n) is 10.1. The van der Waals surface area contributed by atoms with Gasteiger partial charge in [0.05, 0.1) is 38.0 Å². The van der Waals surface area contributed by atoms with Crippen LogP contribution in [0, 0.1) is 11.3 Å². The third kappa shape index (κ3) is 1.50. The molecule has 1 amide bonds. The minimum absolute atomic E-state index is 0.0946. The van der Waals surface area contributed by atoms with Gasteiger partial charge in [-0.05, 0) is 55.7 Å². The molecule has 2 saturated heterocycles. The molecule has 0 unspecified atom stereocenters. The van der Waals surface area contributed by atoms with Crippen LogP contribution in [0.15, 0.2) is 12.1 Å². The molecular formula is C24H28N2O6. The van der Waals surface area contributed by atoms with Gasteiger partial charge >= 0.3 is 6.09 Å². The Morgan fingerprint density at radius 2 is 1.97 bits per heavy atom. The number of carbonyl (C=O) groups excluding carboxylic acids is 2. The normalized spacial score (nSPS) is 44.5. The van der Waals surface area contributed by atoms with Crippen LogP contribution in [0.3, 0.4) is 0 Å². The summed E-state index contributed by atoms with van der Waals surface area (Å²) in [5, 5.41) is 12.4. The predicted octanol–water partition coefficient (Wildman–Crippen LogP) is 1.86. The Morgan fingerprint density at radius 3 is 2.69 bits per heavy atom. The Kier molecular flexibility index (Phi) is 3.25. The average Bonchev–Trinajstić information content (AvgIpc) is 3.33. The molecule has 8 rings (SSSR count). The SMILES string of the molecule is COC(=O)N1c2c(ccc(OC)c2OC)[C@@]23[C@@H]4CN5CCC[C@]6(CC[C@]12[C@@](O)(C6)C4=O)[C@H]53. The molecule has 3 aliphatic heterocycles. The number of hydrogen-bond acceptors (Lipinski definition) is 7. The molecule has 1 aromatic carbocycles. The summed E-state index contributed by atoms with van der Waals surface area (Å²) in [6.07, 6.45) is 3.40. The van der Waals surface area contributed by atoms with Crippen LogP contribution >= 0.6 is 0 Å². The summed E-state index contributed by atoms with van der Waals surface area (Å²) in [5.74, 6) is 0.518. The highest BCUT2D eigenvalue weighted by molar-refractivity contribution is 6.08. The summed E-state index contributed by atoms with van der Waals surface area (Å²) in [6.45, 7) is 1.59. The third-order valence-corrected chi connectivity index (χ3v) is 10.1. The Morgan fingerprint density at radius 1 is 1.16 bits per heavy atom. The van der Waals surface area contributed by atoms with Gasteiger partial charge in [0, 0.05) is 18.5 Å². The lowest BCUT2D eigenvalue weighted by molar-refractivity contribution is -0.194. The highest BCUT2D eigenvalue weighted by Crippen LogP contribution is 2.82. The van der Waals surface area contributed by atoms with Crippen molar-refractivity contribution in [2.45, 2.75) is 54.7 Å². The fraction of sp³-hybridized carbons (Fsp3) is 0.667. The van der Waals surface area contributed by atoms with Gasteiger partial charge in [0.15, 0.2) is 17.3 Å². The first-order valence-electron chi connectivity index (χ1n) is 11.5. The molecule has 0 aromatic heterocycles. The first-order chi connectivity index (χ1) is 15.4. The Hall–Kier alpha value is -2.32. The van der Waals surface area contributed by atoms with E-state index in [2.05, 4.69) is 4.90 Å². The van der Waals surface area contributed by atoms with Crippen molar-refractivity contribution in [3.63, 3.8) is 0 Å². The molecule has 170 valence electrons. The summed E-state index contributed by atoms with van der Waals surface area (Å²) in [7, 11) is 4.48. The Labute approximate surface area is 186 Å². The Bertz CT molecular complexity index is 1110. The van der Waals surface area contributed by atoms with Crippen molar-refractivity contribution in [2.24, 2.45) is 11.3 Å². The van der Waals surface area contributed by atoms with Crippen LogP contribution in [0.5, 0.6) is 11.5 Å². The van der Waals surface area contributed by atoms with Crippen molar-refractivity contribution < 1.29 is 28.9 Å². The molecule has 1 aromatic rings. The standard InChI is InChI=1S/C24H28N2O6/c1-30-15-6-5-13-16(17(15)31-2)26(20(28)32-3)23-9-8-21-7-4-10-25-11-14(24(13,23)19(21)25)18(27)22(23,29)12-21/h5-6,14,19,29H,4,7-12H2,1-3H3/t14-,19+,21-,22-,23-,24+/m1/s1. The number of nitrogens with zero attached hydrogens (tertiary/aromatic N) is 2. The maximum Gasteiger partial charge on any atom is 0.414 e. The zero-order chi connectivity index (χ0) is 22.3. The molecule has 6 fully saturated rings. The van der Waals surface area contributed by atoms with Crippen molar-refractivity contribution >= 4 is 17.6 Å². The van der Waals surface area contributed by atoms with Crippen molar-refractivity contribution in [1.29, 1.82) is 0 Å². The van der Waals surface area contributed by atoms with Crippen molar-refractivity contribution in [1.82, 2.24) is 4.90 Å². The van der Waals surface area contributed by atoms with Gasteiger partial charge in [-0.3, -0.25) is 14.6 Å². The molecule has 4 bridgehead atoms. The number of hydrogen-bond donors (Lipinski definition) is 1. The minimum Gasteiger partial charge on any atom is -0.493 e. The number of aliphatic hydroxyl groups is 1. The molecule has 4 aliphatic carbocycles. The number of amides is 1. The van der Waals surface area contributed by atoms with Crippen LogP contribution in [0.4, 0.5) is 10.5 Å². The van der Waals surface area contributed by atoms with Crippen LogP contribution in [-0.4, -0.2) is 73.5 Å². The molecular weight excluding hydrogens is 412 g/mol. The number of carbonyl (C=O) groups is 2. The van der Waals surface area contributed by atoms with Gasteiger partial charge < -0.3 is 19.3 Å². The van der Waals surface area contributed by atoms with Crippen LogP contribution in [-0.2, 0) is 14.9 Å². The van der Waals surface area contributed by atoms with E-state index in [0.29, 0.717) is 36.6 Å². The molecule has 4 saturated carbocycles. The van der Waals surface area contributed by atoms with Gasteiger partial charge in [-0.2, -0.15) is 0 Å². The zero-order valence-corrected chi connectivity index (χ0v) is 18.6. The summed E-state index contributed by atoms with van der Waals surface area (Å²) in [6, 6.07) is 3.98. The summed E-state index contributed by atoms with van der Waals surface area (Å²) in [5.41, 5.74) is -1.94. The van der Waals surface area contributed by atoms with E-state index in [9.17, 15) is 14.7 Å². The minimum atomic E-state index is -1.60. The van der Waals surface area contributed by atoms with Gasteiger partial charge in [0.2, 0.25) is 0 Å². The lowest BCUT2D eigenvalue weighted by Crippen LogP contribution is -2.82. The van der Waals surface area contributed by atoms with E-state index in [1.807, 2.05) is 12.1 Å². The zero-order valence-electron chi connectivity index (χ0n) is 18.6.